The summed E-state index contributed by atoms with van der Waals surface area (Å²) in [6.45, 7) is 9.33. The maximum Gasteiger partial charge on any atom is 0.235 e. The molecule has 17 heavy (non-hydrogen) atoms. The molecular formula is C13H23NO3. The first-order valence-electron chi connectivity index (χ1n) is 6.21. The van der Waals surface area contributed by atoms with Crippen LogP contribution in [0.3, 0.4) is 0 Å². The molecule has 1 saturated heterocycles. The van der Waals surface area contributed by atoms with Gasteiger partial charge < -0.3 is 5.11 Å². The first-order valence-corrected chi connectivity index (χ1v) is 6.21. The van der Waals surface area contributed by atoms with Gasteiger partial charge in [0.2, 0.25) is 11.8 Å². The normalized spacial score (nSPS) is 29.0. The van der Waals surface area contributed by atoms with Crippen molar-refractivity contribution in [3.05, 3.63) is 0 Å². The molecule has 1 N–H and O–H groups in total. The molecule has 0 aromatic carbocycles. The van der Waals surface area contributed by atoms with Gasteiger partial charge in [-0.25, -0.2) is 0 Å². The Labute approximate surface area is 103 Å². The molecule has 0 radical (unpaired) electrons. The standard InChI is InChI=1S/C13H23NO3/c1-6-12(4,17)8-14-10(15)7-13(5,9(2)3)11(14)16/h9,17H,6-8H2,1-5H3. The molecule has 2 atom stereocenters. The van der Waals surface area contributed by atoms with Gasteiger partial charge in [-0.05, 0) is 26.2 Å². The van der Waals surface area contributed by atoms with Gasteiger partial charge in [-0.15, -0.1) is 0 Å². The predicted octanol–water partition coefficient (Wildman–Crippen LogP) is 1.57. The highest BCUT2D eigenvalue weighted by Crippen LogP contribution is 2.39. The van der Waals surface area contributed by atoms with Crippen LogP contribution in [0.5, 0.6) is 0 Å². The van der Waals surface area contributed by atoms with Crippen LogP contribution in [0, 0.1) is 11.3 Å². The van der Waals surface area contributed by atoms with Gasteiger partial charge in [0.25, 0.3) is 0 Å². The molecule has 0 bridgehead atoms. The van der Waals surface area contributed by atoms with Crippen LogP contribution in [-0.4, -0.2) is 34.0 Å². The molecule has 0 spiro atoms. The third kappa shape index (κ3) is 2.51. The van der Waals surface area contributed by atoms with Crippen LogP contribution in [0.4, 0.5) is 0 Å². The van der Waals surface area contributed by atoms with Crippen LogP contribution >= 0.6 is 0 Å². The van der Waals surface area contributed by atoms with Gasteiger partial charge in [-0.3, -0.25) is 14.5 Å². The van der Waals surface area contributed by atoms with E-state index in [4.69, 9.17) is 0 Å². The monoisotopic (exact) mass is 241 g/mol. The van der Waals surface area contributed by atoms with E-state index in [0.29, 0.717) is 6.42 Å². The molecule has 0 aliphatic carbocycles. The summed E-state index contributed by atoms with van der Waals surface area (Å²) in [5.41, 5.74) is -1.60. The minimum Gasteiger partial charge on any atom is -0.388 e. The number of carbonyl (C=O) groups is 2. The fourth-order valence-electron chi connectivity index (χ4n) is 1.97. The van der Waals surface area contributed by atoms with E-state index in [0.717, 1.165) is 0 Å². The number of β-amino-alcohol motifs (C(OH)–C–C–N with tert-alkyl or cyclic N) is 1. The van der Waals surface area contributed by atoms with Crippen molar-refractivity contribution in [2.45, 2.75) is 53.1 Å². The van der Waals surface area contributed by atoms with E-state index in [1.54, 1.807) is 6.92 Å². The van der Waals surface area contributed by atoms with Gasteiger partial charge in [-0.1, -0.05) is 20.8 Å². The molecule has 98 valence electrons. The molecule has 4 nitrogen and oxygen atoms in total. The van der Waals surface area contributed by atoms with Crippen molar-refractivity contribution in [2.75, 3.05) is 6.54 Å². The Balaban J connectivity index is 2.91. The third-order valence-corrected chi connectivity index (χ3v) is 4.09. The molecule has 2 amide bonds. The van der Waals surface area contributed by atoms with E-state index in [9.17, 15) is 14.7 Å². The lowest BCUT2D eigenvalue weighted by atomic mass is 9.78. The molecule has 1 aliphatic rings. The highest BCUT2D eigenvalue weighted by atomic mass is 16.3. The molecule has 1 fully saturated rings. The Morgan fingerprint density at radius 1 is 1.47 bits per heavy atom. The summed E-state index contributed by atoms with van der Waals surface area (Å²) in [6.07, 6.45) is 0.770. The quantitative estimate of drug-likeness (QED) is 0.760. The van der Waals surface area contributed by atoms with Gasteiger partial charge in [0.1, 0.15) is 0 Å². The Kier molecular flexibility index (Phi) is 3.67. The smallest absolute Gasteiger partial charge is 0.235 e. The number of hydrogen-bond donors (Lipinski definition) is 1. The number of imide groups is 1. The lowest BCUT2D eigenvalue weighted by Gasteiger charge is -2.29. The van der Waals surface area contributed by atoms with Gasteiger partial charge >= 0.3 is 0 Å². The molecule has 1 aliphatic heterocycles. The molecule has 1 rings (SSSR count). The van der Waals surface area contributed by atoms with Crippen molar-refractivity contribution in [3.63, 3.8) is 0 Å². The van der Waals surface area contributed by atoms with Crippen molar-refractivity contribution in [1.29, 1.82) is 0 Å². The summed E-state index contributed by atoms with van der Waals surface area (Å²) >= 11 is 0. The van der Waals surface area contributed by atoms with Gasteiger partial charge in [0, 0.05) is 6.42 Å². The Hall–Kier alpha value is -0.900. The van der Waals surface area contributed by atoms with Crippen LogP contribution in [0.15, 0.2) is 0 Å². The Bertz CT molecular complexity index is 336. The highest BCUT2D eigenvalue weighted by Gasteiger charge is 2.50. The fraction of sp³-hybridized carbons (Fsp3) is 0.846. The maximum atomic E-state index is 12.3. The van der Waals surface area contributed by atoms with E-state index in [2.05, 4.69) is 0 Å². The van der Waals surface area contributed by atoms with E-state index < -0.39 is 11.0 Å². The topological polar surface area (TPSA) is 57.6 Å². The summed E-state index contributed by atoms with van der Waals surface area (Å²) in [5.74, 6) is -0.193. The average molecular weight is 241 g/mol. The van der Waals surface area contributed by atoms with Crippen molar-refractivity contribution in [2.24, 2.45) is 11.3 Å². The molecular weight excluding hydrogens is 218 g/mol. The number of aliphatic hydroxyl groups is 1. The highest BCUT2D eigenvalue weighted by molar-refractivity contribution is 6.05. The second-order valence-corrected chi connectivity index (χ2v) is 5.88. The SMILES string of the molecule is CCC(C)(O)CN1C(=O)CC(C)(C(C)C)C1=O. The van der Waals surface area contributed by atoms with Crippen LogP contribution in [0.1, 0.15) is 47.5 Å². The van der Waals surface area contributed by atoms with Crippen LogP contribution in [-0.2, 0) is 9.59 Å². The average Bonchev–Trinajstić information content (AvgIpc) is 2.43. The van der Waals surface area contributed by atoms with Crippen LogP contribution in [0.2, 0.25) is 0 Å². The zero-order valence-electron chi connectivity index (χ0n) is 11.4. The summed E-state index contributed by atoms with van der Waals surface area (Å²) in [7, 11) is 0. The van der Waals surface area contributed by atoms with E-state index >= 15 is 0 Å². The van der Waals surface area contributed by atoms with E-state index in [-0.39, 0.29) is 30.7 Å². The van der Waals surface area contributed by atoms with Crippen LogP contribution in [0.25, 0.3) is 0 Å². The number of nitrogens with zero attached hydrogens (tertiary/aromatic N) is 1. The van der Waals surface area contributed by atoms with Crippen molar-refractivity contribution >= 4 is 11.8 Å². The molecule has 1 heterocycles. The lowest BCUT2D eigenvalue weighted by molar-refractivity contribution is -0.145. The van der Waals surface area contributed by atoms with Crippen molar-refractivity contribution < 1.29 is 14.7 Å². The zero-order valence-corrected chi connectivity index (χ0v) is 11.4. The fourth-order valence-corrected chi connectivity index (χ4v) is 1.97. The van der Waals surface area contributed by atoms with E-state index in [1.165, 1.54) is 4.90 Å². The summed E-state index contributed by atoms with van der Waals surface area (Å²) < 4.78 is 0. The van der Waals surface area contributed by atoms with Crippen LogP contribution < -0.4 is 0 Å². The second-order valence-electron chi connectivity index (χ2n) is 5.88. The van der Waals surface area contributed by atoms with Gasteiger partial charge in [0.15, 0.2) is 0 Å². The second kappa shape index (κ2) is 4.41. The molecule has 0 aromatic heterocycles. The zero-order chi connectivity index (χ0) is 13.4. The van der Waals surface area contributed by atoms with Gasteiger partial charge in [-0.2, -0.15) is 0 Å². The largest absolute Gasteiger partial charge is 0.388 e. The van der Waals surface area contributed by atoms with Crippen molar-refractivity contribution in [3.8, 4) is 0 Å². The number of rotatable bonds is 4. The maximum absolute atomic E-state index is 12.3. The Morgan fingerprint density at radius 2 is 2.00 bits per heavy atom. The van der Waals surface area contributed by atoms with E-state index in [1.807, 2.05) is 27.7 Å². The molecule has 0 aromatic rings. The van der Waals surface area contributed by atoms with Crippen molar-refractivity contribution in [1.82, 2.24) is 4.90 Å². The number of likely N-dealkylation sites (tertiary alicyclic amines) is 1. The number of carbonyl (C=O) groups excluding carboxylic acids is 2. The molecule has 4 heteroatoms. The summed E-state index contributed by atoms with van der Waals surface area (Å²) in [4.78, 5) is 25.4. The first kappa shape index (κ1) is 14.2. The lowest BCUT2D eigenvalue weighted by Crippen LogP contribution is -2.45. The number of amides is 2. The number of hydrogen-bond acceptors (Lipinski definition) is 3. The third-order valence-electron chi connectivity index (χ3n) is 4.09. The minimum absolute atomic E-state index is 0.101. The first-order chi connectivity index (χ1) is 7.64. The summed E-state index contributed by atoms with van der Waals surface area (Å²) in [6, 6.07) is 0. The molecule has 0 saturated carbocycles. The Morgan fingerprint density at radius 3 is 2.35 bits per heavy atom. The van der Waals surface area contributed by atoms with Gasteiger partial charge in [0.05, 0.1) is 17.6 Å². The molecule has 2 unspecified atom stereocenters. The predicted molar refractivity (Wildman–Crippen MR) is 65.2 cm³/mol. The minimum atomic E-state index is -0.993. The summed E-state index contributed by atoms with van der Waals surface area (Å²) in [5, 5.41) is 9.98.